The Labute approximate surface area is 203 Å². The Balaban J connectivity index is 2.89. The van der Waals surface area contributed by atoms with Crippen LogP contribution in [-0.4, -0.2) is 61.9 Å². The van der Waals surface area contributed by atoms with E-state index in [0.29, 0.717) is 18.9 Å². The molecular formula is C26H41NO7. The fourth-order valence-electron chi connectivity index (χ4n) is 3.23. The van der Waals surface area contributed by atoms with Crippen LogP contribution >= 0.6 is 0 Å². The summed E-state index contributed by atoms with van der Waals surface area (Å²) in [6.45, 7) is 11.8. The maximum atomic E-state index is 12.1. The number of ether oxygens (including phenoxy) is 4. The lowest BCUT2D eigenvalue weighted by atomic mass is 9.91. The van der Waals surface area contributed by atoms with Crippen LogP contribution in [-0.2, 0) is 30.2 Å². The van der Waals surface area contributed by atoms with Crippen LogP contribution in [0.3, 0.4) is 0 Å². The largest absolute Gasteiger partial charge is 0.464 e. The molecule has 0 unspecified atom stereocenters. The lowest BCUT2D eigenvalue weighted by Gasteiger charge is -2.30. The van der Waals surface area contributed by atoms with E-state index in [-0.39, 0.29) is 24.8 Å². The number of aliphatic hydroxyl groups is 1. The van der Waals surface area contributed by atoms with Crippen LogP contribution in [0.5, 0.6) is 0 Å². The molecule has 0 fully saturated rings. The van der Waals surface area contributed by atoms with Gasteiger partial charge in [-0.2, -0.15) is 0 Å². The number of rotatable bonds is 13. The van der Waals surface area contributed by atoms with Gasteiger partial charge < -0.3 is 24.1 Å². The van der Waals surface area contributed by atoms with E-state index < -0.39 is 29.9 Å². The standard InChI is InChI=1S/C26H41NO7/c1-18(2)16-33-23(19(3)28)21(15-20-11-9-8-10-12-20)17-32-14-13-22(24(29)31-7)27-25(30)34-26(4,5)6/h8-13,18-19,21,23,28H,14-17H2,1-7H3,(H,27,30)/t19-,21-,23-/m0/s1. The smallest absolute Gasteiger partial charge is 0.412 e. The first-order valence-corrected chi connectivity index (χ1v) is 11.6. The zero-order valence-corrected chi connectivity index (χ0v) is 21.5. The first-order chi connectivity index (χ1) is 15.9. The molecule has 0 aliphatic rings. The zero-order chi connectivity index (χ0) is 25.7. The molecule has 192 valence electrons. The fraction of sp³-hybridized carbons (Fsp3) is 0.615. The second-order valence-electron chi connectivity index (χ2n) is 9.66. The minimum atomic E-state index is -0.762. The van der Waals surface area contributed by atoms with Gasteiger partial charge in [0.05, 0.1) is 32.5 Å². The lowest BCUT2D eigenvalue weighted by molar-refractivity contribution is -0.136. The van der Waals surface area contributed by atoms with E-state index in [1.54, 1.807) is 27.7 Å². The third-order valence-electron chi connectivity index (χ3n) is 4.68. The summed E-state index contributed by atoms with van der Waals surface area (Å²) in [4.78, 5) is 24.1. The summed E-state index contributed by atoms with van der Waals surface area (Å²) in [7, 11) is 1.23. The maximum Gasteiger partial charge on any atom is 0.412 e. The molecule has 34 heavy (non-hydrogen) atoms. The second-order valence-corrected chi connectivity index (χ2v) is 9.66. The van der Waals surface area contributed by atoms with Gasteiger partial charge in [-0.05, 0) is 51.7 Å². The molecule has 1 rings (SSSR count). The molecule has 3 atom stereocenters. The summed E-state index contributed by atoms with van der Waals surface area (Å²) < 4.78 is 21.8. The predicted molar refractivity (Wildman–Crippen MR) is 130 cm³/mol. The zero-order valence-electron chi connectivity index (χ0n) is 21.5. The van der Waals surface area contributed by atoms with Crippen molar-refractivity contribution in [3.8, 4) is 0 Å². The molecule has 1 amide bonds. The third kappa shape index (κ3) is 12.2. The van der Waals surface area contributed by atoms with Crippen molar-refractivity contribution in [2.75, 3.05) is 26.9 Å². The highest BCUT2D eigenvalue weighted by Crippen LogP contribution is 2.20. The van der Waals surface area contributed by atoms with Crippen LogP contribution < -0.4 is 5.32 Å². The summed E-state index contributed by atoms with van der Waals surface area (Å²) in [6, 6.07) is 9.93. The Morgan fingerprint density at radius 1 is 1.09 bits per heavy atom. The molecule has 1 aromatic rings. The van der Waals surface area contributed by atoms with Crippen molar-refractivity contribution in [2.24, 2.45) is 11.8 Å². The van der Waals surface area contributed by atoms with Gasteiger partial charge in [-0.1, -0.05) is 44.2 Å². The van der Waals surface area contributed by atoms with Crippen molar-refractivity contribution in [3.63, 3.8) is 0 Å². The van der Waals surface area contributed by atoms with Crippen molar-refractivity contribution in [1.82, 2.24) is 5.32 Å². The van der Waals surface area contributed by atoms with Crippen molar-refractivity contribution < 1.29 is 33.6 Å². The van der Waals surface area contributed by atoms with E-state index in [1.807, 2.05) is 30.3 Å². The van der Waals surface area contributed by atoms with E-state index in [9.17, 15) is 14.7 Å². The highest BCUT2D eigenvalue weighted by Gasteiger charge is 2.28. The van der Waals surface area contributed by atoms with Crippen LogP contribution in [0.1, 0.15) is 47.1 Å². The summed E-state index contributed by atoms with van der Waals surface area (Å²) in [5, 5.41) is 12.8. The van der Waals surface area contributed by atoms with Crippen LogP contribution in [0.25, 0.3) is 0 Å². The van der Waals surface area contributed by atoms with Crippen molar-refractivity contribution >= 4 is 12.1 Å². The summed E-state index contributed by atoms with van der Waals surface area (Å²) in [6.07, 6.45) is 0.208. The number of methoxy groups -OCH3 is 1. The Morgan fingerprint density at radius 2 is 1.74 bits per heavy atom. The topological polar surface area (TPSA) is 103 Å². The molecule has 0 radical (unpaired) electrons. The van der Waals surface area contributed by atoms with E-state index in [4.69, 9.17) is 18.9 Å². The van der Waals surface area contributed by atoms with Gasteiger partial charge in [-0.25, -0.2) is 9.59 Å². The summed E-state index contributed by atoms with van der Waals surface area (Å²) in [5.74, 6) is -0.517. The highest BCUT2D eigenvalue weighted by molar-refractivity contribution is 5.92. The van der Waals surface area contributed by atoms with Crippen LogP contribution in [0.2, 0.25) is 0 Å². The Bertz CT molecular complexity index is 769. The van der Waals surface area contributed by atoms with Gasteiger partial charge in [-0.3, -0.25) is 5.32 Å². The fourth-order valence-corrected chi connectivity index (χ4v) is 3.23. The molecule has 8 heteroatoms. The van der Waals surface area contributed by atoms with Gasteiger partial charge in [0, 0.05) is 12.5 Å². The van der Waals surface area contributed by atoms with Crippen molar-refractivity contribution in [3.05, 3.63) is 47.7 Å². The first kappa shape index (κ1) is 29.6. The minimum Gasteiger partial charge on any atom is -0.464 e. The molecule has 0 saturated heterocycles. The molecule has 0 aliphatic heterocycles. The average Bonchev–Trinajstić information content (AvgIpc) is 2.74. The molecule has 0 aromatic heterocycles. The first-order valence-electron chi connectivity index (χ1n) is 11.6. The van der Waals surface area contributed by atoms with Gasteiger partial charge in [0.15, 0.2) is 0 Å². The number of carbonyl (C=O) groups excluding carboxylic acids is 2. The molecule has 0 saturated carbocycles. The third-order valence-corrected chi connectivity index (χ3v) is 4.68. The second kappa shape index (κ2) is 14.8. The Kier molecular flexibility index (Phi) is 12.9. The van der Waals surface area contributed by atoms with Crippen LogP contribution in [0.15, 0.2) is 42.1 Å². The quantitative estimate of drug-likeness (QED) is 0.251. The molecule has 0 bridgehead atoms. The number of amides is 1. The van der Waals surface area contributed by atoms with Gasteiger partial charge in [0.2, 0.25) is 0 Å². The van der Waals surface area contributed by atoms with Gasteiger partial charge >= 0.3 is 12.1 Å². The molecular weight excluding hydrogens is 438 g/mol. The molecule has 1 aromatic carbocycles. The van der Waals surface area contributed by atoms with Crippen LogP contribution in [0.4, 0.5) is 4.79 Å². The van der Waals surface area contributed by atoms with E-state index in [2.05, 4.69) is 19.2 Å². The number of benzene rings is 1. The molecule has 2 N–H and O–H groups in total. The van der Waals surface area contributed by atoms with Gasteiger partial charge in [0.1, 0.15) is 11.3 Å². The van der Waals surface area contributed by atoms with Crippen molar-refractivity contribution in [1.29, 1.82) is 0 Å². The van der Waals surface area contributed by atoms with Crippen molar-refractivity contribution in [2.45, 2.75) is 65.8 Å². The van der Waals surface area contributed by atoms with E-state index in [1.165, 1.54) is 13.2 Å². The normalized spacial score (nSPS) is 14.9. The van der Waals surface area contributed by atoms with E-state index >= 15 is 0 Å². The Morgan fingerprint density at radius 3 is 2.26 bits per heavy atom. The lowest BCUT2D eigenvalue weighted by Crippen LogP contribution is -2.39. The molecule has 0 spiro atoms. The maximum absolute atomic E-state index is 12.1. The molecule has 0 heterocycles. The van der Waals surface area contributed by atoms with Gasteiger partial charge in [0.25, 0.3) is 0 Å². The van der Waals surface area contributed by atoms with Crippen LogP contribution in [0, 0.1) is 11.8 Å². The average molecular weight is 480 g/mol. The number of esters is 1. The highest BCUT2D eigenvalue weighted by atomic mass is 16.6. The number of aliphatic hydroxyl groups excluding tert-OH is 1. The molecule has 0 aliphatic carbocycles. The number of carbonyl (C=O) groups is 2. The number of nitrogens with one attached hydrogen (secondary N) is 1. The number of hydrogen-bond donors (Lipinski definition) is 2. The summed E-state index contributed by atoms with van der Waals surface area (Å²) >= 11 is 0. The monoisotopic (exact) mass is 479 g/mol. The van der Waals surface area contributed by atoms with E-state index in [0.717, 1.165) is 5.56 Å². The number of hydrogen-bond acceptors (Lipinski definition) is 7. The van der Waals surface area contributed by atoms with Gasteiger partial charge in [-0.15, -0.1) is 0 Å². The Hall–Kier alpha value is -2.42. The number of alkyl carbamates (subject to hydrolysis) is 1. The molecule has 8 nitrogen and oxygen atoms in total. The predicted octanol–water partition coefficient (Wildman–Crippen LogP) is 3.87. The minimum absolute atomic E-state index is 0.0439. The SMILES string of the molecule is COC(=O)C(=CCOC[C@H](Cc1ccccc1)[C@@H](OCC(C)C)[C@H](C)O)NC(=O)OC(C)(C)C. The summed E-state index contributed by atoms with van der Waals surface area (Å²) in [5.41, 5.74) is 0.324.